The Morgan fingerprint density at radius 2 is 2.21 bits per heavy atom. The van der Waals surface area contributed by atoms with E-state index in [1.165, 1.54) is 18.2 Å². The van der Waals surface area contributed by atoms with Gasteiger partial charge in [0.05, 0.1) is 6.07 Å². The van der Waals surface area contributed by atoms with Gasteiger partial charge in [0.2, 0.25) is 0 Å². The Morgan fingerprint density at radius 3 is 2.71 bits per heavy atom. The van der Waals surface area contributed by atoms with E-state index in [4.69, 9.17) is 10.4 Å². The molecule has 0 bridgehead atoms. The molecule has 0 amide bonds. The first kappa shape index (κ1) is 10.2. The number of halogens is 1. The van der Waals surface area contributed by atoms with E-state index in [1.54, 1.807) is 12.1 Å². The summed E-state index contributed by atoms with van der Waals surface area (Å²) in [6, 6.07) is 7.45. The number of hydrogen-bond donors (Lipinski definition) is 1. The van der Waals surface area contributed by atoms with Crippen molar-refractivity contribution in [3.05, 3.63) is 35.6 Å². The fraction of sp³-hybridized carbons (Fsp3) is 0.200. The highest BCUT2D eigenvalue weighted by atomic mass is 19.1. The van der Waals surface area contributed by atoms with Crippen molar-refractivity contribution in [3.8, 4) is 6.07 Å². The molecule has 0 fully saturated rings. The second-order valence-electron chi connectivity index (χ2n) is 2.82. The fourth-order valence-electron chi connectivity index (χ4n) is 1.07. The number of hydrogen-bond acceptors (Lipinski definition) is 2. The van der Waals surface area contributed by atoms with Crippen molar-refractivity contribution in [1.82, 2.24) is 0 Å². The molecule has 3 nitrogen and oxygen atoms in total. The monoisotopic (exact) mass is 193 g/mol. The van der Waals surface area contributed by atoms with Crippen molar-refractivity contribution >= 4 is 5.97 Å². The molecule has 0 aromatic heterocycles. The molecule has 0 spiro atoms. The zero-order valence-electron chi connectivity index (χ0n) is 7.27. The summed E-state index contributed by atoms with van der Waals surface area (Å²) in [7, 11) is 0. The summed E-state index contributed by atoms with van der Waals surface area (Å²) in [6.45, 7) is 0. The quantitative estimate of drug-likeness (QED) is 0.792. The number of rotatable bonds is 3. The SMILES string of the molecule is N#C[C@@H](Cc1ccccc1F)C(=O)O. The smallest absolute Gasteiger partial charge is 0.321 e. The maximum Gasteiger partial charge on any atom is 0.321 e. The molecule has 0 aliphatic carbocycles. The van der Waals surface area contributed by atoms with Gasteiger partial charge in [-0.15, -0.1) is 0 Å². The average molecular weight is 193 g/mol. The van der Waals surface area contributed by atoms with Crippen molar-refractivity contribution in [2.24, 2.45) is 5.92 Å². The number of nitrogens with zero attached hydrogens (tertiary/aromatic N) is 1. The van der Waals surface area contributed by atoms with E-state index in [-0.39, 0.29) is 12.0 Å². The third kappa shape index (κ3) is 2.30. The van der Waals surface area contributed by atoms with Crippen molar-refractivity contribution in [2.45, 2.75) is 6.42 Å². The molecule has 4 heteroatoms. The summed E-state index contributed by atoms with van der Waals surface area (Å²) in [6.07, 6.45) is -0.0987. The first-order valence-corrected chi connectivity index (χ1v) is 4.01. The Labute approximate surface area is 80.4 Å². The molecule has 1 atom stereocenters. The standard InChI is InChI=1S/C10H8FNO2/c11-9-4-2-1-3-7(9)5-8(6-12)10(13)14/h1-4,8H,5H2,(H,13,14)/t8-/m1/s1. The lowest BCUT2D eigenvalue weighted by molar-refractivity contribution is -0.139. The van der Waals surface area contributed by atoms with Gasteiger partial charge < -0.3 is 5.11 Å². The number of aliphatic carboxylic acids is 1. The summed E-state index contributed by atoms with van der Waals surface area (Å²) >= 11 is 0. The molecule has 0 aliphatic rings. The van der Waals surface area contributed by atoms with Gasteiger partial charge in [0.1, 0.15) is 11.7 Å². The molecular formula is C10H8FNO2. The molecule has 1 aromatic carbocycles. The van der Waals surface area contributed by atoms with Crippen LogP contribution in [0.4, 0.5) is 4.39 Å². The van der Waals surface area contributed by atoms with E-state index < -0.39 is 17.7 Å². The highest BCUT2D eigenvalue weighted by Crippen LogP contribution is 2.12. The summed E-state index contributed by atoms with van der Waals surface area (Å²) < 4.78 is 13.0. The Hall–Kier alpha value is -1.89. The number of nitriles is 1. The van der Waals surface area contributed by atoms with Gasteiger partial charge >= 0.3 is 5.97 Å². The summed E-state index contributed by atoms with van der Waals surface area (Å²) in [4.78, 5) is 10.5. The van der Waals surface area contributed by atoms with Crippen LogP contribution < -0.4 is 0 Å². The van der Waals surface area contributed by atoms with E-state index in [0.29, 0.717) is 0 Å². The van der Waals surface area contributed by atoms with Crippen LogP contribution in [-0.2, 0) is 11.2 Å². The van der Waals surface area contributed by atoms with Crippen LogP contribution in [0, 0.1) is 23.1 Å². The van der Waals surface area contributed by atoms with E-state index in [2.05, 4.69) is 0 Å². The minimum atomic E-state index is -1.23. The second-order valence-corrected chi connectivity index (χ2v) is 2.82. The van der Waals surface area contributed by atoms with Crippen LogP contribution in [0.3, 0.4) is 0 Å². The zero-order valence-corrected chi connectivity index (χ0v) is 7.27. The summed E-state index contributed by atoms with van der Waals surface area (Å²) in [5, 5.41) is 17.1. The normalized spacial score (nSPS) is 11.7. The van der Waals surface area contributed by atoms with Gasteiger partial charge in [-0.2, -0.15) is 5.26 Å². The Morgan fingerprint density at radius 1 is 1.57 bits per heavy atom. The van der Waals surface area contributed by atoms with E-state index >= 15 is 0 Å². The van der Waals surface area contributed by atoms with Crippen LogP contribution in [-0.4, -0.2) is 11.1 Å². The van der Waals surface area contributed by atoms with Crippen LogP contribution in [0.2, 0.25) is 0 Å². The van der Waals surface area contributed by atoms with Crippen molar-refractivity contribution < 1.29 is 14.3 Å². The lowest BCUT2D eigenvalue weighted by atomic mass is 10.0. The molecular weight excluding hydrogens is 185 g/mol. The molecule has 72 valence electrons. The van der Waals surface area contributed by atoms with E-state index in [9.17, 15) is 9.18 Å². The Kier molecular flexibility index (Phi) is 3.19. The Bertz CT molecular complexity index is 384. The predicted molar refractivity (Wildman–Crippen MR) is 46.8 cm³/mol. The van der Waals surface area contributed by atoms with Crippen LogP contribution in [0.5, 0.6) is 0 Å². The lowest BCUT2D eigenvalue weighted by Crippen LogP contribution is -2.14. The van der Waals surface area contributed by atoms with Gasteiger partial charge in [0.15, 0.2) is 0 Å². The summed E-state index contributed by atoms with van der Waals surface area (Å²) in [5.41, 5.74) is 0.251. The molecule has 1 N–H and O–H groups in total. The fourth-order valence-corrected chi connectivity index (χ4v) is 1.07. The van der Waals surface area contributed by atoms with E-state index in [0.717, 1.165) is 0 Å². The third-order valence-corrected chi connectivity index (χ3v) is 1.84. The highest BCUT2D eigenvalue weighted by Gasteiger charge is 2.18. The first-order chi connectivity index (χ1) is 6.65. The maximum absolute atomic E-state index is 13.0. The van der Waals surface area contributed by atoms with Crippen molar-refractivity contribution in [1.29, 1.82) is 5.26 Å². The molecule has 1 rings (SSSR count). The number of carbonyl (C=O) groups is 1. The molecule has 0 saturated carbocycles. The van der Waals surface area contributed by atoms with Crippen molar-refractivity contribution in [3.63, 3.8) is 0 Å². The van der Waals surface area contributed by atoms with Gasteiger partial charge in [-0.3, -0.25) is 4.79 Å². The van der Waals surface area contributed by atoms with Gasteiger partial charge in [-0.25, -0.2) is 4.39 Å². The van der Waals surface area contributed by atoms with Gasteiger partial charge in [0.25, 0.3) is 0 Å². The van der Waals surface area contributed by atoms with Gasteiger partial charge in [0, 0.05) is 6.42 Å². The molecule has 0 saturated heterocycles. The average Bonchev–Trinajstić information content (AvgIpc) is 2.16. The second kappa shape index (κ2) is 4.38. The molecule has 0 aliphatic heterocycles. The summed E-state index contributed by atoms with van der Waals surface area (Å²) in [5.74, 6) is -2.89. The van der Waals surface area contributed by atoms with Crippen LogP contribution in [0.15, 0.2) is 24.3 Å². The van der Waals surface area contributed by atoms with Crippen LogP contribution in [0.25, 0.3) is 0 Å². The zero-order chi connectivity index (χ0) is 10.6. The topological polar surface area (TPSA) is 61.1 Å². The lowest BCUT2D eigenvalue weighted by Gasteiger charge is -2.04. The minimum Gasteiger partial charge on any atom is -0.480 e. The molecule has 1 aromatic rings. The minimum absolute atomic E-state index is 0.0987. The number of carboxylic acids is 1. The van der Waals surface area contributed by atoms with E-state index in [1.807, 2.05) is 0 Å². The largest absolute Gasteiger partial charge is 0.480 e. The molecule has 0 unspecified atom stereocenters. The number of carboxylic acid groups (broad SMARTS) is 1. The first-order valence-electron chi connectivity index (χ1n) is 4.01. The third-order valence-electron chi connectivity index (χ3n) is 1.84. The van der Waals surface area contributed by atoms with Crippen LogP contribution in [0.1, 0.15) is 5.56 Å². The van der Waals surface area contributed by atoms with Crippen LogP contribution >= 0.6 is 0 Å². The van der Waals surface area contributed by atoms with Gasteiger partial charge in [-0.05, 0) is 11.6 Å². The number of benzene rings is 1. The van der Waals surface area contributed by atoms with Crippen molar-refractivity contribution in [2.75, 3.05) is 0 Å². The Balaban J connectivity index is 2.84. The molecule has 0 heterocycles. The molecule has 14 heavy (non-hydrogen) atoms. The highest BCUT2D eigenvalue weighted by molar-refractivity contribution is 5.73. The van der Waals surface area contributed by atoms with Gasteiger partial charge in [-0.1, -0.05) is 18.2 Å². The predicted octanol–water partition coefficient (Wildman–Crippen LogP) is 1.59. The maximum atomic E-state index is 13.0. The molecule has 0 radical (unpaired) electrons.